The highest BCUT2D eigenvalue weighted by atomic mass is 35.5. The third-order valence-corrected chi connectivity index (χ3v) is 4.32. The van der Waals surface area contributed by atoms with Crippen LogP contribution in [0.5, 0.6) is 11.5 Å². The molecule has 1 aromatic heterocycles. The third kappa shape index (κ3) is 4.00. The van der Waals surface area contributed by atoms with Crippen LogP contribution in [-0.4, -0.2) is 36.5 Å². The van der Waals surface area contributed by atoms with Crippen LogP contribution in [0.2, 0.25) is 5.02 Å². The molecule has 0 aliphatic carbocycles. The number of amides is 1. The van der Waals surface area contributed by atoms with E-state index in [9.17, 15) is 4.79 Å². The zero-order chi connectivity index (χ0) is 17.7. The highest BCUT2D eigenvalue weighted by molar-refractivity contribution is 6.31. The summed E-state index contributed by atoms with van der Waals surface area (Å²) < 4.78 is 12.2. The molecule has 1 amide bonds. The number of hydrogen-bond donors (Lipinski definition) is 1. The summed E-state index contributed by atoms with van der Waals surface area (Å²) in [6, 6.07) is 5.08. The minimum atomic E-state index is -0.151. The summed E-state index contributed by atoms with van der Waals surface area (Å²) in [7, 11) is 3.10. The molecule has 1 N–H and O–H groups in total. The SMILES string of the molecule is COc1ccc(C(=O)NCCCn2nc(C)c(Cl)c2C)cc1OC. The Balaban J connectivity index is 1.88. The average Bonchev–Trinajstić information content (AvgIpc) is 2.84. The summed E-state index contributed by atoms with van der Waals surface area (Å²) in [6.45, 7) is 5.06. The standard InChI is InChI=1S/C17H22ClN3O3/c1-11-16(18)12(2)21(20-11)9-5-8-19-17(22)13-6-7-14(23-3)15(10-13)24-4/h6-7,10H,5,8-9H2,1-4H3,(H,19,22). The summed E-state index contributed by atoms with van der Waals surface area (Å²) in [5.41, 5.74) is 2.30. The van der Waals surface area contributed by atoms with Crippen molar-refractivity contribution in [3.05, 3.63) is 40.2 Å². The molecule has 2 rings (SSSR count). The van der Waals surface area contributed by atoms with Crippen LogP contribution in [0.4, 0.5) is 0 Å². The fourth-order valence-corrected chi connectivity index (χ4v) is 2.54. The summed E-state index contributed by atoms with van der Waals surface area (Å²) in [6.07, 6.45) is 0.761. The number of aryl methyl sites for hydroxylation is 2. The third-order valence-electron chi connectivity index (χ3n) is 3.77. The van der Waals surface area contributed by atoms with Gasteiger partial charge >= 0.3 is 0 Å². The van der Waals surface area contributed by atoms with E-state index in [-0.39, 0.29) is 5.91 Å². The van der Waals surface area contributed by atoms with E-state index in [1.54, 1.807) is 32.4 Å². The van der Waals surface area contributed by atoms with Crippen molar-refractivity contribution in [2.24, 2.45) is 0 Å². The van der Waals surface area contributed by atoms with E-state index in [2.05, 4.69) is 10.4 Å². The molecule has 0 saturated carbocycles. The van der Waals surface area contributed by atoms with E-state index in [1.807, 2.05) is 18.5 Å². The highest BCUT2D eigenvalue weighted by Gasteiger charge is 2.11. The lowest BCUT2D eigenvalue weighted by atomic mass is 10.2. The van der Waals surface area contributed by atoms with E-state index >= 15 is 0 Å². The van der Waals surface area contributed by atoms with Crippen LogP contribution in [0.1, 0.15) is 28.2 Å². The van der Waals surface area contributed by atoms with Gasteiger partial charge in [0.2, 0.25) is 0 Å². The van der Waals surface area contributed by atoms with Gasteiger partial charge in [-0.15, -0.1) is 0 Å². The monoisotopic (exact) mass is 351 g/mol. The molecule has 0 fully saturated rings. The van der Waals surface area contributed by atoms with Gasteiger partial charge in [0.05, 0.1) is 30.6 Å². The number of rotatable bonds is 7. The average molecular weight is 352 g/mol. The normalized spacial score (nSPS) is 10.5. The predicted octanol–water partition coefficient (Wildman–Crippen LogP) is 2.99. The molecule has 24 heavy (non-hydrogen) atoms. The summed E-state index contributed by atoms with van der Waals surface area (Å²) in [5, 5.41) is 7.96. The molecule has 1 heterocycles. The zero-order valence-corrected chi connectivity index (χ0v) is 15.1. The van der Waals surface area contributed by atoms with E-state index in [4.69, 9.17) is 21.1 Å². The minimum Gasteiger partial charge on any atom is -0.493 e. The molecule has 0 radical (unpaired) electrons. The van der Waals surface area contributed by atoms with Crippen LogP contribution in [0.15, 0.2) is 18.2 Å². The molecule has 0 aliphatic rings. The maximum Gasteiger partial charge on any atom is 0.251 e. The number of carbonyl (C=O) groups excluding carboxylic acids is 1. The molecule has 6 nitrogen and oxygen atoms in total. The number of aromatic nitrogens is 2. The molecule has 130 valence electrons. The number of benzene rings is 1. The van der Waals surface area contributed by atoms with E-state index in [0.717, 1.165) is 17.8 Å². The van der Waals surface area contributed by atoms with Gasteiger partial charge in [0.1, 0.15) is 0 Å². The quantitative estimate of drug-likeness (QED) is 0.779. The van der Waals surface area contributed by atoms with Crippen molar-refractivity contribution in [3.63, 3.8) is 0 Å². The van der Waals surface area contributed by atoms with Crippen molar-refractivity contribution in [1.82, 2.24) is 15.1 Å². The van der Waals surface area contributed by atoms with Crippen molar-refractivity contribution in [1.29, 1.82) is 0 Å². The Morgan fingerprint density at radius 2 is 1.96 bits per heavy atom. The lowest BCUT2D eigenvalue weighted by Crippen LogP contribution is -2.25. The molecule has 0 unspecified atom stereocenters. The second-order valence-electron chi connectivity index (χ2n) is 5.39. The second-order valence-corrected chi connectivity index (χ2v) is 5.77. The predicted molar refractivity (Wildman–Crippen MR) is 93.2 cm³/mol. The van der Waals surface area contributed by atoms with Gasteiger partial charge in [-0.05, 0) is 38.5 Å². The summed E-state index contributed by atoms with van der Waals surface area (Å²) >= 11 is 6.12. The lowest BCUT2D eigenvalue weighted by molar-refractivity contribution is 0.0952. The largest absolute Gasteiger partial charge is 0.493 e. The number of halogens is 1. The molecule has 0 aliphatic heterocycles. The van der Waals surface area contributed by atoms with Gasteiger partial charge < -0.3 is 14.8 Å². The first-order chi connectivity index (χ1) is 11.5. The molecule has 0 spiro atoms. The first-order valence-corrected chi connectivity index (χ1v) is 8.05. The number of hydrogen-bond acceptors (Lipinski definition) is 4. The Hall–Kier alpha value is -2.21. The Kier molecular flexibility index (Phi) is 6.09. The van der Waals surface area contributed by atoms with Gasteiger partial charge in [-0.1, -0.05) is 11.6 Å². The maximum atomic E-state index is 12.2. The second kappa shape index (κ2) is 8.06. The highest BCUT2D eigenvalue weighted by Crippen LogP contribution is 2.27. The topological polar surface area (TPSA) is 65.4 Å². The van der Waals surface area contributed by atoms with Crippen molar-refractivity contribution < 1.29 is 14.3 Å². The number of nitrogens with zero attached hydrogens (tertiary/aromatic N) is 2. The molecule has 0 bridgehead atoms. The first-order valence-electron chi connectivity index (χ1n) is 7.67. The molecular formula is C17H22ClN3O3. The van der Waals surface area contributed by atoms with Crippen LogP contribution >= 0.6 is 11.6 Å². The lowest BCUT2D eigenvalue weighted by Gasteiger charge is -2.10. The summed E-state index contributed by atoms with van der Waals surface area (Å²) in [5.74, 6) is 0.972. The molecule has 0 saturated heterocycles. The van der Waals surface area contributed by atoms with Crippen LogP contribution in [0.3, 0.4) is 0 Å². The van der Waals surface area contributed by atoms with Crippen LogP contribution < -0.4 is 14.8 Å². The van der Waals surface area contributed by atoms with Crippen molar-refractivity contribution in [2.75, 3.05) is 20.8 Å². The van der Waals surface area contributed by atoms with Crippen molar-refractivity contribution >= 4 is 17.5 Å². The minimum absolute atomic E-state index is 0.151. The molecule has 1 aromatic carbocycles. The fourth-order valence-electron chi connectivity index (χ4n) is 2.40. The molecular weight excluding hydrogens is 330 g/mol. The maximum absolute atomic E-state index is 12.2. The van der Waals surface area contributed by atoms with Gasteiger partial charge in [0.15, 0.2) is 11.5 Å². The van der Waals surface area contributed by atoms with Crippen molar-refractivity contribution in [3.8, 4) is 11.5 Å². The van der Waals surface area contributed by atoms with Crippen LogP contribution in [0.25, 0.3) is 0 Å². The van der Waals surface area contributed by atoms with E-state index in [1.165, 1.54) is 0 Å². The van der Waals surface area contributed by atoms with Crippen molar-refractivity contribution in [2.45, 2.75) is 26.8 Å². The number of nitrogens with one attached hydrogen (secondary N) is 1. The molecule has 0 atom stereocenters. The number of carbonyl (C=O) groups is 1. The van der Waals surface area contributed by atoms with Gasteiger partial charge in [-0.2, -0.15) is 5.10 Å². The van der Waals surface area contributed by atoms with E-state index < -0.39 is 0 Å². The van der Waals surface area contributed by atoms with Gasteiger partial charge in [-0.25, -0.2) is 0 Å². The number of ether oxygens (including phenoxy) is 2. The smallest absolute Gasteiger partial charge is 0.251 e. The molecule has 2 aromatic rings. The zero-order valence-electron chi connectivity index (χ0n) is 14.4. The number of methoxy groups -OCH3 is 2. The Labute approximate surface area is 146 Å². The molecule has 7 heteroatoms. The Morgan fingerprint density at radius 3 is 2.54 bits per heavy atom. The first kappa shape index (κ1) is 18.1. The van der Waals surface area contributed by atoms with E-state index in [0.29, 0.717) is 35.2 Å². The van der Waals surface area contributed by atoms with Gasteiger partial charge in [-0.3, -0.25) is 9.48 Å². The van der Waals surface area contributed by atoms with Crippen LogP contribution in [0, 0.1) is 13.8 Å². The van der Waals surface area contributed by atoms with Gasteiger partial charge in [0.25, 0.3) is 5.91 Å². The van der Waals surface area contributed by atoms with Crippen LogP contribution in [-0.2, 0) is 6.54 Å². The fraction of sp³-hybridized carbons (Fsp3) is 0.412. The Morgan fingerprint density at radius 1 is 1.25 bits per heavy atom. The summed E-state index contributed by atoms with van der Waals surface area (Å²) in [4.78, 5) is 12.2. The van der Waals surface area contributed by atoms with Gasteiger partial charge in [0, 0.05) is 18.7 Å². The Bertz CT molecular complexity index is 728.